The number of rotatable bonds is 2. The minimum Gasteiger partial charge on any atom is -0.295 e. The molecule has 0 amide bonds. The highest BCUT2D eigenvalue weighted by Crippen LogP contribution is 2.30. The molecule has 0 radical (unpaired) electrons. The van der Waals surface area contributed by atoms with Crippen LogP contribution in [0.15, 0.2) is 18.3 Å². The number of hydrogen-bond acceptors (Lipinski definition) is 2. The lowest BCUT2D eigenvalue weighted by atomic mass is 9.96. The van der Waals surface area contributed by atoms with E-state index in [4.69, 9.17) is 0 Å². The first-order chi connectivity index (χ1) is 7.33. The molecule has 0 aliphatic carbocycles. The second kappa shape index (κ2) is 4.75. The fourth-order valence-electron chi connectivity index (χ4n) is 2.53. The van der Waals surface area contributed by atoms with E-state index < -0.39 is 0 Å². The molecule has 0 N–H and O–H groups in total. The van der Waals surface area contributed by atoms with Crippen LogP contribution in [0.5, 0.6) is 0 Å². The summed E-state index contributed by atoms with van der Waals surface area (Å²) in [7, 11) is 0. The molecule has 0 bridgehead atoms. The number of aryl methyl sites for hydroxylation is 1. The highest BCUT2D eigenvalue weighted by atomic mass is 15.2. The van der Waals surface area contributed by atoms with Crippen molar-refractivity contribution in [1.29, 1.82) is 0 Å². The Hall–Kier alpha value is -0.890. The molecule has 1 fully saturated rings. The average Bonchev–Trinajstić information content (AvgIpc) is 2.30. The average molecular weight is 204 g/mol. The molecule has 15 heavy (non-hydrogen) atoms. The Balaban J connectivity index is 2.24. The Kier molecular flexibility index (Phi) is 3.37. The second-order valence-electron chi connectivity index (χ2n) is 4.35. The minimum absolute atomic E-state index is 0.560. The van der Waals surface area contributed by atoms with Crippen molar-refractivity contribution in [3.8, 4) is 0 Å². The maximum Gasteiger partial charge on any atom is 0.0604 e. The summed E-state index contributed by atoms with van der Waals surface area (Å²) in [5.74, 6) is 0. The van der Waals surface area contributed by atoms with Gasteiger partial charge in [0.05, 0.1) is 11.7 Å². The molecule has 0 unspecified atom stereocenters. The molecule has 2 nitrogen and oxygen atoms in total. The van der Waals surface area contributed by atoms with Gasteiger partial charge in [-0.25, -0.2) is 0 Å². The van der Waals surface area contributed by atoms with E-state index in [1.165, 1.54) is 37.1 Å². The summed E-state index contributed by atoms with van der Waals surface area (Å²) in [5.41, 5.74) is 2.63. The van der Waals surface area contributed by atoms with E-state index in [2.05, 4.69) is 29.8 Å². The molecule has 2 heterocycles. The van der Waals surface area contributed by atoms with Crippen LogP contribution in [0.1, 0.15) is 43.5 Å². The van der Waals surface area contributed by atoms with Crippen molar-refractivity contribution < 1.29 is 0 Å². The lowest BCUT2D eigenvalue weighted by molar-refractivity contribution is 0.153. The zero-order valence-corrected chi connectivity index (χ0v) is 9.74. The number of pyridine rings is 1. The quantitative estimate of drug-likeness (QED) is 0.736. The molecular formula is C13H20N2. The third-order valence-electron chi connectivity index (χ3n) is 3.39. The Labute approximate surface area is 92.3 Å². The summed E-state index contributed by atoms with van der Waals surface area (Å²) >= 11 is 0. The van der Waals surface area contributed by atoms with E-state index in [1.807, 2.05) is 12.3 Å². The molecule has 0 aromatic carbocycles. The van der Waals surface area contributed by atoms with Gasteiger partial charge in [0.25, 0.3) is 0 Å². The summed E-state index contributed by atoms with van der Waals surface area (Å²) in [4.78, 5) is 7.11. The van der Waals surface area contributed by atoms with Crippen LogP contribution in [0, 0.1) is 6.92 Å². The monoisotopic (exact) mass is 204 g/mol. The minimum atomic E-state index is 0.560. The molecule has 0 spiro atoms. The van der Waals surface area contributed by atoms with Gasteiger partial charge < -0.3 is 0 Å². The van der Waals surface area contributed by atoms with E-state index >= 15 is 0 Å². The van der Waals surface area contributed by atoms with Gasteiger partial charge in [-0.2, -0.15) is 0 Å². The molecule has 1 aliphatic heterocycles. The third kappa shape index (κ3) is 2.20. The summed E-state index contributed by atoms with van der Waals surface area (Å²) in [6.07, 6.45) is 5.88. The van der Waals surface area contributed by atoms with Crippen molar-refractivity contribution in [3.63, 3.8) is 0 Å². The maximum atomic E-state index is 4.56. The Morgan fingerprint density at radius 1 is 1.47 bits per heavy atom. The number of hydrogen-bond donors (Lipinski definition) is 0. The van der Waals surface area contributed by atoms with Crippen molar-refractivity contribution in [3.05, 3.63) is 29.6 Å². The number of aromatic nitrogens is 1. The van der Waals surface area contributed by atoms with Gasteiger partial charge in [-0.15, -0.1) is 0 Å². The Morgan fingerprint density at radius 3 is 3.07 bits per heavy atom. The van der Waals surface area contributed by atoms with E-state index in [1.54, 1.807) is 0 Å². The van der Waals surface area contributed by atoms with Crippen LogP contribution in [0.4, 0.5) is 0 Å². The first kappa shape index (κ1) is 10.6. The van der Waals surface area contributed by atoms with E-state index in [9.17, 15) is 0 Å². The largest absolute Gasteiger partial charge is 0.295 e. The summed E-state index contributed by atoms with van der Waals surface area (Å²) in [5, 5.41) is 0. The predicted molar refractivity (Wildman–Crippen MR) is 62.8 cm³/mol. The van der Waals surface area contributed by atoms with Crippen molar-refractivity contribution in [2.45, 2.75) is 39.2 Å². The first-order valence-corrected chi connectivity index (χ1v) is 5.98. The lowest BCUT2D eigenvalue weighted by Crippen LogP contribution is -2.34. The lowest BCUT2D eigenvalue weighted by Gasteiger charge is -2.35. The zero-order chi connectivity index (χ0) is 10.7. The van der Waals surface area contributed by atoms with Crippen LogP contribution in [0.25, 0.3) is 0 Å². The van der Waals surface area contributed by atoms with Gasteiger partial charge in [0.2, 0.25) is 0 Å². The Bertz CT molecular complexity index is 322. The van der Waals surface area contributed by atoms with Gasteiger partial charge in [-0.3, -0.25) is 9.88 Å². The summed E-state index contributed by atoms with van der Waals surface area (Å²) in [6.45, 7) is 6.79. The zero-order valence-electron chi connectivity index (χ0n) is 9.74. The molecule has 1 aliphatic rings. The number of nitrogens with zero attached hydrogens (tertiary/aromatic N) is 2. The van der Waals surface area contributed by atoms with Crippen molar-refractivity contribution >= 4 is 0 Å². The van der Waals surface area contributed by atoms with Crippen LogP contribution in [0.3, 0.4) is 0 Å². The SMILES string of the molecule is CCN1CCCC[C@@H]1c1ncccc1C. The fourth-order valence-corrected chi connectivity index (χ4v) is 2.53. The predicted octanol–water partition coefficient (Wildman–Crippen LogP) is 2.94. The number of likely N-dealkylation sites (tertiary alicyclic amines) is 1. The van der Waals surface area contributed by atoms with Gasteiger partial charge in [0, 0.05) is 6.20 Å². The molecular weight excluding hydrogens is 184 g/mol. The van der Waals surface area contributed by atoms with Gasteiger partial charge in [0.15, 0.2) is 0 Å². The first-order valence-electron chi connectivity index (χ1n) is 5.98. The molecule has 0 saturated carbocycles. The van der Waals surface area contributed by atoms with Crippen LogP contribution in [0.2, 0.25) is 0 Å². The highest BCUT2D eigenvalue weighted by molar-refractivity contribution is 5.21. The van der Waals surface area contributed by atoms with Gasteiger partial charge in [-0.1, -0.05) is 19.4 Å². The molecule has 1 atom stereocenters. The summed E-state index contributed by atoms with van der Waals surface area (Å²) in [6, 6.07) is 4.76. The summed E-state index contributed by atoms with van der Waals surface area (Å²) < 4.78 is 0. The van der Waals surface area contributed by atoms with E-state index in [0.29, 0.717) is 6.04 Å². The van der Waals surface area contributed by atoms with E-state index in [0.717, 1.165) is 6.54 Å². The maximum absolute atomic E-state index is 4.56. The van der Waals surface area contributed by atoms with Crippen molar-refractivity contribution in [2.24, 2.45) is 0 Å². The molecule has 1 saturated heterocycles. The van der Waals surface area contributed by atoms with Crippen LogP contribution >= 0.6 is 0 Å². The van der Waals surface area contributed by atoms with Gasteiger partial charge >= 0.3 is 0 Å². The molecule has 82 valence electrons. The topological polar surface area (TPSA) is 16.1 Å². The van der Waals surface area contributed by atoms with Crippen LogP contribution in [-0.4, -0.2) is 23.0 Å². The smallest absolute Gasteiger partial charge is 0.0604 e. The van der Waals surface area contributed by atoms with Gasteiger partial charge in [0.1, 0.15) is 0 Å². The standard InChI is InChI=1S/C13H20N2/c1-3-15-10-5-4-8-12(15)13-11(2)7-6-9-14-13/h6-7,9,12H,3-5,8,10H2,1-2H3/t12-/m1/s1. The Morgan fingerprint density at radius 2 is 2.33 bits per heavy atom. The fraction of sp³-hybridized carbons (Fsp3) is 0.615. The van der Waals surface area contributed by atoms with E-state index in [-0.39, 0.29) is 0 Å². The molecule has 1 aromatic rings. The second-order valence-corrected chi connectivity index (χ2v) is 4.35. The van der Waals surface area contributed by atoms with Crippen molar-refractivity contribution in [2.75, 3.05) is 13.1 Å². The van der Waals surface area contributed by atoms with Crippen LogP contribution in [-0.2, 0) is 0 Å². The highest BCUT2D eigenvalue weighted by Gasteiger charge is 2.24. The number of piperidine rings is 1. The normalized spacial score (nSPS) is 22.9. The molecule has 2 heteroatoms. The molecule has 2 rings (SSSR count). The van der Waals surface area contributed by atoms with Crippen LogP contribution < -0.4 is 0 Å². The molecule has 1 aromatic heterocycles. The van der Waals surface area contributed by atoms with Gasteiger partial charge in [-0.05, 0) is 44.5 Å². The van der Waals surface area contributed by atoms with Crippen molar-refractivity contribution in [1.82, 2.24) is 9.88 Å². The third-order valence-corrected chi connectivity index (χ3v) is 3.39.